The number of nitrogens with one attached hydrogen (secondary N) is 1. The quantitative estimate of drug-likeness (QED) is 0.204. The smallest absolute Gasteiger partial charge is 0.248 e. The van der Waals surface area contributed by atoms with Crippen molar-refractivity contribution >= 4 is 15.9 Å². The molecular weight excluding hydrogens is 438 g/mol. The Labute approximate surface area is 190 Å². The third-order valence-corrected chi connectivity index (χ3v) is 7.26. The van der Waals surface area contributed by atoms with Gasteiger partial charge in [0, 0.05) is 32.4 Å². The number of amides is 1. The number of piperidine rings is 1. The molecule has 2 rings (SSSR count). The summed E-state index contributed by atoms with van der Waals surface area (Å²) in [5.41, 5.74) is 6.31. The summed E-state index contributed by atoms with van der Waals surface area (Å²) < 4.78 is 34.4. The zero-order valence-corrected chi connectivity index (χ0v) is 19.5. The van der Waals surface area contributed by atoms with E-state index in [1.54, 1.807) is 4.31 Å². The number of ether oxygens (including phenoxy) is 1. The number of nitrogens with two attached hydrogens (primary N) is 2. The number of unbranched alkanes of at least 4 members (excludes halogenated alkanes) is 2. The van der Waals surface area contributed by atoms with Crippen LogP contribution in [0.2, 0.25) is 0 Å². The van der Waals surface area contributed by atoms with Gasteiger partial charge in [0.05, 0.1) is 24.2 Å². The summed E-state index contributed by atoms with van der Waals surface area (Å²) in [4.78, 5) is 15.5. The third-order valence-electron chi connectivity index (χ3n) is 5.30. The highest BCUT2D eigenvalue weighted by molar-refractivity contribution is 7.89. The number of rotatable bonds is 16. The fraction of sp³-hybridized carbons (Fsp3) is 0.842. The van der Waals surface area contributed by atoms with E-state index in [0.717, 1.165) is 31.5 Å². The SMILES string of the molecule is NCCCCCn1cc(CCCS(=O)(=O)N2CCC(OCCNC(=O)CON)CC2)nn1. The molecule has 5 N–H and O–H groups in total. The van der Waals surface area contributed by atoms with Crippen LogP contribution in [0.1, 0.15) is 44.2 Å². The maximum Gasteiger partial charge on any atom is 0.248 e. The first-order valence-corrected chi connectivity index (χ1v) is 12.8. The predicted octanol–water partition coefficient (Wildman–Crippen LogP) is -0.843. The van der Waals surface area contributed by atoms with E-state index in [0.29, 0.717) is 58.5 Å². The van der Waals surface area contributed by atoms with Gasteiger partial charge in [-0.2, -0.15) is 0 Å². The second-order valence-corrected chi connectivity index (χ2v) is 9.96. The lowest BCUT2D eigenvalue weighted by Gasteiger charge is -2.31. The second kappa shape index (κ2) is 14.5. The molecule has 0 bridgehead atoms. The number of carbonyl (C=O) groups is 1. The molecule has 1 aliphatic rings. The maximum atomic E-state index is 12.7. The van der Waals surface area contributed by atoms with Gasteiger partial charge in [-0.1, -0.05) is 11.6 Å². The number of aryl methyl sites for hydroxylation is 2. The van der Waals surface area contributed by atoms with E-state index >= 15 is 0 Å². The van der Waals surface area contributed by atoms with Crippen molar-refractivity contribution in [1.82, 2.24) is 24.6 Å². The molecule has 0 spiro atoms. The number of carbonyl (C=O) groups excluding carboxylic acids is 1. The summed E-state index contributed by atoms with van der Waals surface area (Å²) in [6.07, 6.45) is 7.33. The number of hydrogen-bond donors (Lipinski definition) is 3. The van der Waals surface area contributed by atoms with Crippen LogP contribution in [0.4, 0.5) is 0 Å². The van der Waals surface area contributed by atoms with Crippen LogP contribution < -0.4 is 16.9 Å². The number of aromatic nitrogens is 3. The van der Waals surface area contributed by atoms with Gasteiger partial charge in [-0.05, 0) is 45.1 Å². The molecule has 0 atom stereocenters. The molecule has 0 aliphatic carbocycles. The molecule has 32 heavy (non-hydrogen) atoms. The largest absolute Gasteiger partial charge is 0.376 e. The van der Waals surface area contributed by atoms with Crippen molar-refractivity contribution in [1.29, 1.82) is 0 Å². The minimum absolute atomic E-state index is 0.0102. The lowest BCUT2D eigenvalue weighted by atomic mass is 10.1. The van der Waals surface area contributed by atoms with E-state index in [2.05, 4.69) is 20.5 Å². The van der Waals surface area contributed by atoms with Gasteiger partial charge in [0.25, 0.3) is 0 Å². The maximum absolute atomic E-state index is 12.7. The summed E-state index contributed by atoms with van der Waals surface area (Å²) in [5, 5.41) is 10.9. The molecule has 0 aromatic carbocycles. The van der Waals surface area contributed by atoms with Crippen molar-refractivity contribution in [3.8, 4) is 0 Å². The van der Waals surface area contributed by atoms with E-state index < -0.39 is 10.0 Å². The van der Waals surface area contributed by atoms with Crippen LogP contribution in [-0.2, 0) is 37.4 Å². The zero-order valence-electron chi connectivity index (χ0n) is 18.7. The van der Waals surface area contributed by atoms with Gasteiger partial charge in [0.15, 0.2) is 0 Å². The molecular formula is C19H37N7O5S. The first-order chi connectivity index (χ1) is 15.4. The second-order valence-electron chi connectivity index (χ2n) is 7.87. The number of hydrogen-bond acceptors (Lipinski definition) is 9. The fourth-order valence-corrected chi connectivity index (χ4v) is 5.08. The highest BCUT2D eigenvalue weighted by Crippen LogP contribution is 2.18. The minimum atomic E-state index is -3.31. The van der Waals surface area contributed by atoms with Crippen molar-refractivity contribution in [2.45, 2.75) is 57.6 Å². The van der Waals surface area contributed by atoms with Gasteiger partial charge in [-0.25, -0.2) is 18.6 Å². The Morgan fingerprint density at radius 3 is 2.72 bits per heavy atom. The van der Waals surface area contributed by atoms with Crippen LogP contribution in [0, 0.1) is 0 Å². The Balaban J connectivity index is 1.61. The monoisotopic (exact) mass is 475 g/mol. The van der Waals surface area contributed by atoms with Gasteiger partial charge in [-0.3, -0.25) is 14.3 Å². The Morgan fingerprint density at radius 1 is 1.22 bits per heavy atom. The molecule has 1 fully saturated rings. The molecule has 1 aliphatic heterocycles. The van der Waals surface area contributed by atoms with Crippen molar-refractivity contribution in [2.24, 2.45) is 11.6 Å². The lowest BCUT2D eigenvalue weighted by molar-refractivity contribution is -0.126. The Hall–Kier alpha value is -1.64. The average molecular weight is 476 g/mol. The number of sulfonamides is 1. The molecule has 1 saturated heterocycles. The Bertz CT molecular complexity index is 766. The summed E-state index contributed by atoms with van der Waals surface area (Å²) in [6, 6.07) is 0. The fourth-order valence-electron chi connectivity index (χ4n) is 3.54. The van der Waals surface area contributed by atoms with Gasteiger partial charge in [0.2, 0.25) is 15.9 Å². The van der Waals surface area contributed by atoms with Gasteiger partial charge < -0.3 is 15.8 Å². The van der Waals surface area contributed by atoms with Crippen molar-refractivity contribution in [3.05, 3.63) is 11.9 Å². The topological polar surface area (TPSA) is 168 Å². The Kier molecular flexibility index (Phi) is 12.1. The molecule has 1 aromatic rings. The highest BCUT2D eigenvalue weighted by atomic mass is 32.2. The normalized spacial score (nSPS) is 15.8. The lowest BCUT2D eigenvalue weighted by Crippen LogP contribution is -2.42. The van der Waals surface area contributed by atoms with Crippen LogP contribution in [0.5, 0.6) is 0 Å². The molecule has 0 unspecified atom stereocenters. The molecule has 2 heterocycles. The van der Waals surface area contributed by atoms with E-state index in [4.69, 9.17) is 16.4 Å². The van der Waals surface area contributed by atoms with E-state index in [9.17, 15) is 13.2 Å². The summed E-state index contributed by atoms with van der Waals surface area (Å²) in [7, 11) is -3.31. The predicted molar refractivity (Wildman–Crippen MR) is 119 cm³/mol. The van der Waals surface area contributed by atoms with Gasteiger partial charge in [0.1, 0.15) is 6.61 Å². The summed E-state index contributed by atoms with van der Waals surface area (Å²) >= 11 is 0. The first kappa shape index (κ1) is 26.6. The molecule has 0 radical (unpaired) electrons. The van der Waals surface area contributed by atoms with Crippen LogP contribution in [0.25, 0.3) is 0 Å². The molecule has 13 heteroatoms. The van der Waals surface area contributed by atoms with Crippen LogP contribution in [0.3, 0.4) is 0 Å². The summed E-state index contributed by atoms with van der Waals surface area (Å²) in [5.74, 6) is 4.62. The van der Waals surface area contributed by atoms with Crippen LogP contribution in [0.15, 0.2) is 6.20 Å². The molecule has 1 aromatic heterocycles. The van der Waals surface area contributed by atoms with Crippen molar-refractivity contribution in [3.63, 3.8) is 0 Å². The van der Waals surface area contributed by atoms with Crippen LogP contribution in [-0.4, -0.2) is 84.9 Å². The van der Waals surface area contributed by atoms with E-state index in [1.165, 1.54) is 0 Å². The molecule has 0 saturated carbocycles. The average Bonchev–Trinajstić information content (AvgIpc) is 3.22. The minimum Gasteiger partial charge on any atom is -0.376 e. The van der Waals surface area contributed by atoms with E-state index in [-0.39, 0.29) is 24.4 Å². The molecule has 184 valence electrons. The first-order valence-electron chi connectivity index (χ1n) is 11.2. The molecule has 1 amide bonds. The van der Waals surface area contributed by atoms with Gasteiger partial charge >= 0.3 is 0 Å². The van der Waals surface area contributed by atoms with E-state index in [1.807, 2.05) is 10.9 Å². The Morgan fingerprint density at radius 2 is 2.00 bits per heavy atom. The van der Waals surface area contributed by atoms with Crippen LogP contribution >= 0.6 is 0 Å². The third kappa shape index (κ3) is 9.88. The van der Waals surface area contributed by atoms with Gasteiger partial charge in [-0.15, -0.1) is 5.10 Å². The summed E-state index contributed by atoms with van der Waals surface area (Å²) in [6.45, 7) is 2.92. The zero-order chi connectivity index (χ0) is 23.2. The van der Waals surface area contributed by atoms with Crippen molar-refractivity contribution < 1.29 is 22.8 Å². The highest BCUT2D eigenvalue weighted by Gasteiger charge is 2.28. The molecule has 12 nitrogen and oxygen atoms in total. The standard InChI is InChI=1S/C19H37N7O5S/c20-8-2-1-3-10-25-15-17(23-24-25)5-4-14-32(28,29)26-11-6-18(7-12-26)30-13-9-22-19(27)16-31-21/h15,18H,1-14,16,20-21H2,(H,22,27). The van der Waals surface area contributed by atoms with Crippen molar-refractivity contribution in [2.75, 3.05) is 45.1 Å². The number of nitrogens with zero attached hydrogens (tertiary/aromatic N) is 4.